The molecule has 0 radical (unpaired) electrons. The van der Waals surface area contributed by atoms with Crippen LogP contribution in [0, 0.1) is 5.82 Å². The van der Waals surface area contributed by atoms with Gasteiger partial charge in [-0.25, -0.2) is 4.39 Å². The zero-order chi connectivity index (χ0) is 18.0. The van der Waals surface area contributed by atoms with Crippen LogP contribution in [0.15, 0.2) is 51.9 Å². The Bertz CT molecular complexity index is 907. The van der Waals surface area contributed by atoms with E-state index in [9.17, 15) is 8.60 Å². The molecule has 2 aromatic carbocycles. The Morgan fingerprint density at radius 3 is 2.44 bits per heavy atom. The van der Waals surface area contributed by atoms with Gasteiger partial charge in [0.15, 0.2) is 0 Å². The van der Waals surface area contributed by atoms with Crippen LogP contribution in [0.5, 0.6) is 0 Å². The minimum Gasteiger partial charge on any atom is -0.334 e. The van der Waals surface area contributed by atoms with Gasteiger partial charge in [-0.3, -0.25) is 4.21 Å². The van der Waals surface area contributed by atoms with Crippen molar-refractivity contribution >= 4 is 10.8 Å². The van der Waals surface area contributed by atoms with E-state index in [2.05, 4.69) is 10.1 Å². The first-order valence-electron chi connectivity index (χ1n) is 7.65. The molecular weight excluding hydrogens is 341 g/mol. The summed E-state index contributed by atoms with van der Waals surface area (Å²) < 4.78 is 30.7. The van der Waals surface area contributed by atoms with E-state index < -0.39 is 10.8 Å². The zero-order valence-corrected chi connectivity index (χ0v) is 15.0. The molecule has 0 aliphatic heterocycles. The summed E-state index contributed by atoms with van der Waals surface area (Å²) in [7, 11) is 2.73. The molecule has 0 saturated heterocycles. The fraction of sp³-hybridized carbons (Fsp3) is 0.222. The van der Waals surface area contributed by atoms with Gasteiger partial charge in [-0.2, -0.15) is 4.98 Å². The van der Waals surface area contributed by atoms with Crippen LogP contribution < -0.4 is 0 Å². The molecule has 0 aliphatic rings. The number of benzene rings is 2. The zero-order valence-electron chi connectivity index (χ0n) is 14.2. The van der Waals surface area contributed by atoms with E-state index in [1.54, 1.807) is 42.7 Å². The molecule has 1 heterocycles. The molecule has 1 atom stereocenters. The van der Waals surface area contributed by atoms with Gasteiger partial charge >= 0.3 is 0 Å². The summed E-state index contributed by atoms with van der Waals surface area (Å²) >= 11 is 0. The highest BCUT2D eigenvalue weighted by molar-refractivity contribution is 7.84. The molecule has 3 aromatic rings. The van der Waals surface area contributed by atoms with E-state index >= 15 is 0 Å². The standard InChI is InChI=1S/C18H18FN3O2S/c1-22(2)11-14-10-13(6-9-16(14)19)17-20-18(24-21-17)12-4-7-15(8-5-12)25(3)23/h4-10H,11H2,1-3H3. The van der Waals surface area contributed by atoms with Gasteiger partial charge in [0.2, 0.25) is 5.82 Å². The van der Waals surface area contributed by atoms with Crippen molar-refractivity contribution in [3.05, 3.63) is 53.8 Å². The number of rotatable bonds is 5. The highest BCUT2D eigenvalue weighted by Crippen LogP contribution is 2.24. The highest BCUT2D eigenvalue weighted by atomic mass is 32.2. The van der Waals surface area contributed by atoms with Crippen molar-refractivity contribution in [3.8, 4) is 22.8 Å². The first kappa shape index (κ1) is 17.4. The quantitative estimate of drug-likeness (QED) is 0.699. The predicted octanol–water partition coefficient (Wildman–Crippen LogP) is 3.34. The van der Waals surface area contributed by atoms with Crippen LogP contribution in [-0.4, -0.2) is 39.6 Å². The van der Waals surface area contributed by atoms with Crippen LogP contribution in [0.4, 0.5) is 4.39 Å². The van der Waals surface area contributed by atoms with E-state index in [0.717, 1.165) is 10.5 Å². The van der Waals surface area contributed by atoms with Crippen molar-refractivity contribution in [1.82, 2.24) is 15.0 Å². The van der Waals surface area contributed by atoms with Crippen molar-refractivity contribution in [3.63, 3.8) is 0 Å². The molecule has 5 nitrogen and oxygen atoms in total. The van der Waals surface area contributed by atoms with Crippen LogP contribution in [0.1, 0.15) is 5.56 Å². The molecule has 1 unspecified atom stereocenters. The highest BCUT2D eigenvalue weighted by Gasteiger charge is 2.13. The Balaban J connectivity index is 1.89. The monoisotopic (exact) mass is 359 g/mol. The molecule has 0 bridgehead atoms. The maximum Gasteiger partial charge on any atom is 0.258 e. The lowest BCUT2D eigenvalue weighted by Crippen LogP contribution is -2.12. The SMILES string of the molecule is CN(C)Cc1cc(-c2noc(-c3ccc(S(C)=O)cc3)n2)ccc1F. The topological polar surface area (TPSA) is 59.2 Å². The Kier molecular flexibility index (Phi) is 5.06. The molecule has 1 aromatic heterocycles. The minimum absolute atomic E-state index is 0.260. The van der Waals surface area contributed by atoms with Gasteiger partial charge in [-0.1, -0.05) is 5.16 Å². The van der Waals surface area contributed by atoms with Crippen LogP contribution >= 0.6 is 0 Å². The van der Waals surface area contributed by atoms with E-state index in [-0.39, 0.29) is 5.82 Å². The van der Waals surface area contributed by atoms with Crippen LogP contribution in [0.25, 0.3) is 22.8 Å². The summed E-state index contributed by atoms with van der Waals surface area (Å²) in [5.74, 6) is 0.504. The van der Waals surface area contributed by atoms with Crippen LogP contribution in [0.2, 0.25) is 0 Å². The molecule has 0 N–H and O–H groups in total. The first-order valence-corrected chi connectivity index (χ1v) is 9.21. The average molecular weight is 359 g/mol. The third kappa shape index (κ3) is 4.00. The molecule has 0 spiro atoms. The van der Waals surface area contributed by atoms with Gasteiger partial charge in [0, 0.05) is 45.2 Å². The first-order chi connectivity index (χ1) is 11.9. The van der Waals surface area contributed by atoms with Crippen molar-refractivity contribution in [2.75, 3.05) is 20.4 Å². The molecule has 0 aliphatic carbocycles. The van der Waals surface area contributed by atoms with Gasteiger partial charge in [-0.15, -0.1) is 0 Å². The maximum absolute atomic E-state index is 13.9. The number of hydrogen-bond donors (Lipinski definition) is 0. The molecule has 0 amide bonds. The molecule has 130 valence electrons. The fourth-order valence-electron chi connectivity index (χ4n) is 2.42. The largest absolute Gasteiger partial charge is 0.334 e. The molecule has 25 heavy (non-hydrogen) atoms. The van der Waals surface area contributed by atoms with E-state index in [0.29, 0.717) is 29.4 Å². The fourth-order valence-corrected chi connectivity index (χ4v) is 2.94. The Morgan fingerprint density at radius 2 is 1.80 bits per heavy atom. The van der Waals surface area contributed by atoms with Crippen molar-refractivity contribution in [2.45, 2.75) is 11.4 Å². The second-order valence-electron chi connectivity index (χ2n) is 5.95. The molecular formula is C18H18FN3O2S. The van der Waals surface area contributed by atoms with E-state index in [4.69, 9.17) is 4.52 Å². The average Bonchev–Trinajstić information content (AvgIpc) is 3.06. The van der Waals surface area contributed by atoms with E-state index in [1.165, 1.54) is 6.07 Å². The van der Waals surface area contributed by atoms with Gasteiger partial charge in [0.1, 0.15) is 5.82 Å². The summed E-state index contributed by atoms with van der Waals surface area (Å²) in [6.07, 6.45) is 1.62. The van der Waals surface area contributed by atoms with Crippen molar-refractivity contribution in [2.24, 2.45) is 0 Å². The summed E-state index contributed by atoms with van der Waals surface area (Å²) in [6.45, 7) is 0.486. The Hall–Kier alpha value is -2.38. The molecule has 7 heteroatoms. The summed E-state index contributed by atoms with van der Waals surface area (Å²) in [5.41, 5.74) is 2.01. The lowest BCUT2D eigenvalue weighted by Gasteiger charge is -2.11. The number of nitrogens with zero attached hydrogens (tertiary/aromatic N) is 3. The normalized spacial score (nSPS) is 12.5. The molecule has 3 rings (SSSR count). The van der Waals surface area contributed by atoms with Crippen LogP contribution in [0.3, 0.4) is 0 Å². The van der Waals surface area contributed by atoms with Gasteiger partial charge in [0.05, 0.1) is 0 Å². The van der Waals surface area contributed by atoms with Crippen molar-refractivity contribution in [1.29, 1.82) is 0 Å². The second kappa shape index (κ2) is 7.25. The maximum atomic E-state index is 13.9. The summed E-state index contributed by atoms with van der Waals surface area (Å²) in [6, 6.07) is 11.9. The molecule has 0 saturated carbocycles. The third-order valence-corrected chi connectivity index (χ3v) is 4.59. The van der Waals surface area contributed by atoms with Gasteiger partial charge < -0.3 is 9.42 Å². The minimum atomic E-state index is -1.03. The smallest absolute Gasteiger partial charge is 0.258 e. The summed E-state index contributed by atoms with van der Waals surface area (Å²) in [4.78, 5) is 7.01. The summed E-state index contributed by atoms with van der Waals surface area (Å²) in [5, 5.41) is 3.99. The number of hydrogen-bond acceptors (Lipinski definition) is 5. The lowest BCUT2D eigenvalue weighted by atomic mass is 10.1. The van der Waals surface area contributed by atoms with Crippen LogP contribution in [-0.2, 0) is 17.3 Å². The number of halogens is 1. The second-order valence-corrected chi connectivity index (χ2v) is 7.33. The van der Waals surface area contributed by atoms with Gasteiger partial charge in [0.25, 0.3) is 5.89 Å². The van der Waals surface area contributed by atoms with Gasteiger partial charge in [-0.05, 0) is 56.6 Å². The van der Waals surface area contributed by atoms with Crippen molar-refractivity contribution < 1.29 is 13.1 Å². The van der Waals surface area contributed by atoms with E-state index in [1.807, 2.05) is 19.0 Å². The Labute approximate surface area is 147 Å². The lowest BCUT2D eigenvalue weighted by molar-refractivity contribution is 0.392. The number of aromatic nitrogens is 2. The predicted molar refractivity (Wildman–Crippen MR) is 94.9 cm³/mol. The third-order valence-electron chi connectivity index (χ3n) is 3.65. The molecule has 0 fully saturated rings. The Morgan fingerprint density at radius 1 is 1.12 bits per heavy atom.